The Labute approximate surface area is 161 Å². The highest BCUT2D eigenvalue weighted by molar-refractivity contribution is 5.77. The monoisotopic (exact) mass is 378 g/mol. The minimum Gasteiger partial charge on any atom is -0.466 e. The first-order chi connectivity index (χ1) is 13.7. The first-order valence-electron chi connectivity index (χ1n) is 9.44. The number of esters is 1. The minimum absolute atomic E-state index is 0.161. The molecule has 0 atom stereocenters. The SMILES string of the molecule is CCOC(=O)CCCn1c(Cn2c(=O)[nH]c3ccccc32)nc2ccccc21. The smallest absolute Gasteiger partial charge is 0.326 e. The van der Waals surface area contributed by atoms with Crippen molar-refractivity contribution < 1.29 is 9.53 Å². The number of carbonyl (C=O) groups excluding carboxylic acids is 1. The number of aromatic amines is 1. The molecule has 0 radical (unpaired) electrons. The standard InChI is InChI=1S/C21H22N4O3/c1-2-28-20(26)12-7-13-24-17-10-5-3-8-15(17)22-19(24)14-25-18-11-6-4-9-16(18)23-21(25)27/h3-6,8-11H,2,7,12-14H2,1H3,(H,23,27). The van der Waals surface area contributed by atoms with Gasteiger partial charge in [0.15, 0.2) is 0 Å². The molecule has 0 saturated heterocycles. The summed E-state index contributed by atoms with van der Waals surface area (Å²) >= 11 is 0. The maximum absolute atomic E-state index is 12.5. The molecule has 2 heterocycles. The zero-order valence-corrected chi connectivity index (χ0v) is 15.7. The Morgan fingerprint density at radius 1 is 1.07 bits per heavy atom. The number of hydrogen-bond acceptors (Lipinski definition) is 4. The predicted molar refractivity (Wildman–Crippen MR) is 107 cm³/mol. The van der Waals surface area contributed by atoms with Crippen LogP contribution in [0.3, 0.4) is 0 Å². The van der Waals surface area contributed by atoms with Crippen molar-refractivity contribution in [1.82, 2.24) is 19.1 Å². The lowest BCUT2D eigenvalue weighted by atomic mass is 10.3. The highest BCUT2D eigenvalue weighted by Gasteiger charge is 2.14. The van der Waals surface area contributed by atoms with E-state index in [2.05, 4.69) is 9.55 Å². The highest BCUT2D eigenvalue weighted by Crippen LogP contribution is 2.19. The maximum Gasteiger partial charge on any atom is 0.326 e. The van der Waals surface area contributed by atoms with Crippen molar-refractivity contribution in [2.75, 3.05) is 6.61 Å². The van der Waals surface area contributed by atoms with Crippen molar-refractivity contribution in [3.8, 4) is 0 Å². The molecule has 0 aliphatic heterocycles. The van der Waals surface area contributed by atoms with E-state index < -0.39 is 0 Å². The minimum atomic E-state index is -0.193. The number of aromatic nitrogens is 4. The van der Waals surface area contributed by atoms with Crippen LogP contribution in [0.5, 0.6) is 0 Å². The number of aryl methyl sites for hydroxylation is 1. The quantitative estimate of drug-likeness (QED) is 0.501. The molecular weight excluding hydrogens is 356 g/mol. The Balaban J connectivity index is 1.67. The van der Waals surface area contributed by atoms with Crippen LogP contribution in [0.1, 0.15) is 25.6 Å². The Morgan fingerprint density at radius 2 is 1.82 bits per heavy atom. The number of carbonyl (C=O) groups is 1. The molecule has 0 amide bonds. The van der Waals surface area contributed by atoms with Crippen LogP contribution >= 0.6 is 0 Å². The van der Waals surface area contributed by atoms with E-state index in [0.29, 0.717) is 32.5 Å². The topological polar surface area (TPSA) is 81.9 Å². The molecule has 4 rings (SSSR count). The number of imidazole rings is 2. The van der Waals surface area contributed by atoms with Crippen LogP contribution in [0.2, 0.25) is 0 Å². The second-order valence-corrected chi connectivity index (χ2v) is 6.61. The predicted octanol–water partition coefficient (Wildman–Crippen LogP) is 3.07. The first-order valence-corrected chi connectivity index (χ1v) is 9.44. The molecule has 0 aliphatic rings. The molecular formula is C21H22N4O3. The van der Waals surface area contributed by atoms with E-state index in [1.807, 2.05) is 48.5 Å². The fourth-order valence-electron chi connectivity index (χ4n) is 3.52. The van der Waals surface area contributed by atoms with Gasteiger partial charge >= 0.3 is 11.7 Å². The summed E-state index contributed by atoms with van der Waals surface area (Å²) in [6, 6.07) is 15.5. The summed E-state index contributed by atoms with van der Waals surface area (Å²) in [5.74, 6) is 0.596. The average molecular weight is 378 g/mol. The van der Waals surface area contributed by atoms with Crippen molar-refractivity contribution >= 4 is 28.0 Å². The van der Waals surface area contributed by atoms with Gasteiger partial charge in [-0.3, -0.25) is 9.36 Å². The second-order valence-electron chi connectivity index (χ2n) is 6.61. The van der Waals surface area contributed by atoms with Crippen molar-refractivity contribution in [2.24, 2.45) is 0 Å². The van der Waals surface area contributed by atoms with E-state index in [1.165, 1.54) is 0 Å². The van der Waals surface area contributed by atoms with Gasteiger partial charge in [-0.05, 0) is 37.6 Å². The number of benzene rings is 2. The molecule has 7 nitrogen and oxygen atoms in total. The Bertz CT molecular complexity index is 1190. The highest BCUT2D eigenvalue weighted by atomic mass is 16.5. The van der Waals surface area contributed by atoms with Crippen molar-refractivity contribution in [1.29, 1.82) is 0 Å². The first kappa shape index (κ1) is 18.0. The number of hydrogen-bond donors (Lipinski definition) is 1. The lowest BCUT2D eigenvalue weighted by Gasteiger charge is -2.10. The van der Waals surface area contributed by atoms with Gasteiger partial charge < -0.3 is 14.3 Å². The van der Waals surface area contributed by atoms with Crippen LogP contribution < -0.4 is 5.69 Å². The number of nitrogens with zero attached hydrogens (tertiary/aromatic N) is 3. The molecule has 0 bridgehead atoms. The summed E-state index contributed by atoms with van der Waals surface area (Å²) in [5.41, 5.74) is 3.36. The normalized spacial score (nSPS) is 11.3. The van der Waals surface area contributed by atoms with Gasteiger partial charge in [-0.25, -0.2) is 9.78 Å². The van der Waals surface area contributed by atoms with Crippen LogP contribution in [0, 0.1) is 0 Å². The number of ether oxygens (including phenoxy) is 1. The van der Waals surface area contributed by atoms with E-state index >= 15 is 0 Å². The lowest BCUT2D eigenvalue weighted by molar-refractivity contribution is -0.143. The number of rotatable bonds is 7. The summed E-state index contributed by atoms with van der Waals surface area (Å²) in [5, 5.41) is 0. The van der Waals surface area contributed by atoms with Gasteiger partial charge in [0.1, 0.15) is 5.82 Å². The molecule has 0 aliphatic carbocycles. The van der Waals surface area contributed by atoms with E-state index in [1.54, 1.807) is 11.5 Å². The van der Waals surface area contributed by atoms with Crippen molar-refractivity contribution in [2.45, 2.75) is 32.9 Å². The Morgan fingerprint density at radius 3 is 2.64 bits per heavy atom. The van der Waals surface area contributed by atoms with Gasteiger partial charge in [-0.15, -0.1) is 0 Å². The maximum atomic E-state index is 12.5. The van der Waals surface area contributed by atoms with Crippen LogP contribution in [-0.4, -0.2) is 31.7 Å². The van der Waals surface area contributed by atoms with Gasteiger partial charge in [0.2, 0.25) is 0 Å². The molecule has 28 heavy (non-hydrogen) atoms. The summed E-state index contributed by atoms with van der Waals surface area (Å²) in [6.07, 6.45) is 1.00. The summed E-state index contributed by atoms with van der Waals surface area (Å²) in [6.45, 7) is 3.18. The van der Waals surface area contributed by atoms with Gasteiger partial charge in [-0.2, -0.15) is 0 Å². The number of nitrogens with one attached hydrogen (secondary N) is 1. The number of para-hydroxylation sites is 4. The zero-order chi connectivity index (χ0) is 19.5. The third-order valence-electron chi connectivity index (χ3n) is 4.78. The van der Waals surface area contributed by atoms with Gasteiger partial charge in [0, 0.05) is 13.0 Å². The van der Waals surface area contributed by atoms with Crippen molar-refractivity contribution in [3.05, 3.63) is 64.8 Å². The van der Waals surface area contributed by atoms with E-state index in [9.17, 15) is 9.59 Å². The molecule has 1 N–H and O–H groups in total. The van der Waals surface area contributed by atoms with Gasteiger partial charge in [-0.1, -0.05) is 24.3 Å². The Kier molecular flexibility index (Phi) is 4.97. The fourth-order valence-corrected chi connectivity index (χ4v) is 3.52. The molecule has 144 valence electrons. The van der Waals surface area contributed by atoms with E-state index in [0.717, 1.165) is 27.9 Å². The van der Waals surface area contributed by atoms with Crippen LogP contribution in [-0.2, 0) is 22.6 Å². The number of H-pyrrole nitrogens is 1. The second kappa shape index (κ2) is 7.72. The summed E-state index contributed by atoms with van der Waals surface area (Å²) in [7, 11) is 0. The van der Waals surface area contributed by atoms with Crippen LogP contribution in [0.4, 0.5) is 0 Å². The van der Waals surface area contributed by atoms with Crippen LogP contribution in [0.25, 0.3) is 22.1 Å². The van der Waals surface area contributed by atoms with E-state index in [4.69, 9.17) is 9.72 Å². The molecule has 4 aromatic rings. The average Bonchev–Trinajstić information content (AvgIpc) is 3.20. The van der Waals surface area contributed by atoms with Gasteiger partial charge in [0.25, 0.3) is 0 Å². The lowest BCUT2D eigenvalue weighted by Crippen LogP contribution is -2.20. The molecule has 0 saturated carbocycles. The molecule has 2 aromatic heterocycles. The molecule has 2 aromatic carbocycles. The largest absolute Gasteiger partial charge is 0.466 e. The van der Waals surface area contributed by atoms with Crippen molar-refractivity contribution in [3.63, 3.8) is 0 Å². The number of fused-ring (bicyclic) bond motifs is 2. The van der Waals surface area contributed by atoms with Gasteiger partial charge in [0.05, 0.1) is 35.2 Å². The van der Waals surface area contributed by atoms with Crippen LogP contribution in [0.15, 0.2) is 53.3 Å². The Hall–Kier alpha value is -3.35. The van der Waals surface area contributed by atoms with E-state index in [-0.39, 0.29) is 11.7 Å². The summed E-state index contributed by atoms with van der Waals surface area (Å²) in [4.78, 5) is 31.7. The molecule has 0 unspecified atom stereocenters. The zero-order valence-electron chi connectivity index (χ0n) is 15.7. The third kappa shape index (κ3) is 3.43. The molecule has 0 spiro atoms. The fraction of sp³-hybridized carbons (Fsp3) is 0.286. The summed E-state index contributed by atoms with van der Waals surface area (Å²) < 4.78 is 8.79. The molecule has 7 heteroatoms. The third-order valence-corrected chi connectivity index (χ3v) is 4.78. The molecule has 0 fully saturated rings.